The molecular formula is C29H29NO5. The third kappa shape index (κ3) is 4.78. The van der Waals surface area contributed by atoms with Crippen molar-refractivity contribution in [3.63, 3.8) is 0 Å². The van der Waals surface area contributed by atoms with Crippen LogP contribution in [0.3, 0.4) is 0 Å². The van der Waals surface area contributed by atoms with E-state index in [1.54, 1.807) is 25.3 Å². The van der Waals surface area contributed by atoms with Crippen LogP contribution in [0.5, 0.6) is 11.5 Å². The lowest BCUT2D eigenvalue weighted by molar-refractivity contribution is -0.140. The molecule has 0 radical (unpaired) electrons. The third-order valence-electron chi connectivity index (χ3n) is 6.16. The van der Waals surface area contributed by atoms with E-state index in [1.165, 1.54) is 4.90 Å². The number of ketones is 1. The Hall–Kier alpha value is -4.06. The molecule has 3 aromatic rings. The van der Waals surface area contributed by atoms with Crippen molar-refractivity contribution in [3.8, 4) is 11.5 Å². The SMILES string of the molecule is CCOc1ccc(/C(O)=C2/C(=O)C(=O)N(Cc3ccc(OC)cc3)C2c2cccc(C)c2)cc1C. The second-order valence-corrected chi connectivity index (χ2v) is 8.60. The van der Waals surface area contributed by atoms with Gasteiger partial charge in [-0.25, -0.2) is 0 Å². The average molecular weight is 472 g/mol. The maximum atomic E-state index is 13.3. The van der Waals surface area contributed by atoms with Crippen LogP contribution in [0.2, 0.25) is 0 Å². The molecule has 1 heterocycles. The fourth-order valence-electron chi connectivity index (χ4n) is 4.43. The molecule has 1 fully saturated rings. The number of hydrogen-bond acceptors (Lipinski definition) is 5. The van der Waals surface area contributed by atoms with E-state index in [1.807, 2.05) is 69.3 Å². The molecule has 1 N–H and O–H groups in total. The van der Waals surface area contributed by atoms with Crippen molar-refractivity contribution in [2.45, 2.75) is 33.4 Å². The average Bonchev–Trinajstić information content (AvgIpc) is 3.10. The van der Waals surface area contributed by atoms with Crippen LogP contribution in [0.4, 0.5) is 0 Å². The number of carbonyl (C=O) groups excluding carboxylic acids is 2. The lowest BCUT2D eigenvalue weighted by Gasteiger charge is -2.26. The van der Waals surface area contributed by atoms with Crippen LogP contribution in [-0.2, 0) is 16.1 Å². The van der Waals surface area contributed by atoms with Crippen molar-refractivity contribution in [3.05, 3.63) is 100 Å². The molecule has 0 aromatic heterocycles. The van der Waals surface area contributed by atoms with E-state index >= 15 is 0 Å². The van der Waals surface area contributed by atoms with Crippen molar-refractivity contribution in [2.24, 2.45) is 0 Å². The molecule has 1 amide bonds. The predicted octanol–water partition coefficient (Wildman–Crippen LogP) is 5.33. The molecule has 4 rings (SSSR count). The highest BCUT2D eigenvalue weighted by atomic mass is 16.5. The minimum Gasteiger partial charge on any atom is -0.507 e. The number of amides is 1. The summed E-state index contributed by atoms with van der Waals surface area (Å²) in [4.78, 5) is 28.1. The second kappa shape index (κ2) is 10.1. The van der Waals surface area contributed by atoms with Gasteiger partial charge in [0.1, 0.15) is 17.3 Å². The highest BCUT2D eigenvalue weighted by Gasteiger charge is 2.46. The van der Waals surface area contributed by atoms with E-state index < -0.39 is 17.7 Å². The van der Waals surface area contributed by atoms with Gasteiger partial charge in [0, 0.05) is 12.1 Å². The summed E-state index contributed by atoms with van der Waals surface area (Å²) < 4.78 is 10.8. The molecule has 3 aromatic carbocycles. The molecule has 6 heteroatoms. The fourth-order valence-corrected chi connectivity index (χ4v) is 4.43. The van der Waals surface area contributed by atoms with Gasteiger partial charge in [-0.1, -0.05) is 42.0 Å². The molecule has 1 saturated heterocycles. The van der Waals surface area contributed by atoms with E-state index in [0.717, 1.165) is 22.3 Å². The molecule has 0 saturated carbocycles. The van der Waals surface area contributed by atoms with Gasteiger partial charge in [-0.3, -0.25) is 9.59 Å². The van der Waals surface area contributed by atoms with E-state index in [4.69, 9.17) is 9.47 Å². The monoisotopic (exact) mass is 471 g/mol. The zero-order chi connectivity index (χ0) is 25.1. The third-order valence-corrected chi connectivity index (χ3v) is 6.16. The number of Topliss-reactive ketones (excluding diaryl/α,β-unsaturated/α-hetero) is 1. The Balaban J connectivity index is 1.82. The standard InChI is InChI=1S/C29H29NO5/c1-5-35-24-14-11-22(16-19(24)3)27(31)25-26(21-8-6-7-18(2)15-21)30(29(33)28(25)32)17-20-9-12-23(34-4)13-10-20/h6-16,26,31H,5,17H2,1-4H3/b27-25-. The number of hydrogen-bond donors (Lipinski definition) is 1. The van der Waals surface area contributed by atoms with Crippen molar-refractivity contribution in [1.29, 1.82) is 0 Å². The second-order valence-electron chi connectivity index (χ2n) is 8.60. The molecule has 0 spiro atoms. The summed E-state index contributed by atoms with van der Waals surface area (Å²) in [5.74, 6) is -0.125. The van der Waals surface area contributed by atoms with Crippen molar-refractivity contribution >= 4 is 17.4 Å². The van der Waals surface area contributed by atoms with Gasteiger partial charge in [-0.05, 0) is 67.8 Å². The van der Waals surface area contributed by atoms with Gasteiger partial charge >= 0.3 is 0 Å². The topological polar surface area (TPSA) is 76.1 Å². The predicted molar refractivity (Wildman–Crippen MR) is 134 cm³/mol. The number of rotatable bonds is 7. The van der Waals surface area contributed by atoms with Gasteiger partial charge in [-0.15, -0.1) is 0 Å². The van der Waals surface area contributed by atoms with Crippen LogP contribution >= 0.6 is 0 Å². The van der Waals surface area contributed by atoms with Gasteiger partial charge in [0.15, 0.2) is 0 Å². The first kappa shape index (κ1) is 24.1. The van der Waals surface area contributed by atoms with E-state index in [2.05, 4.69) is 0 Å². The lowest BCUT2D eigenvalue weighted by atomic mass is 9.94. The number of aliphatic hydroxyl groups excluding tert-OH is 1. The molecule has 180 valence electrons. The van der Waals surface area contributed by atoms with Crippen LogP contribution in [0.25, 0.3) is 5.76 Å². The van der Waals surface area contributed by atoms with Gasteiger partial charge in [0.2, 0.25) is 0 Å². The maximum absolute atomic E-state index is 13.3. The molecule has 1 aliphatic rings. The van der Waals surface area contributed by atoms with E-state index in [0.29, 0.717) is 23.7 Å². The number of carbonyl (C=O) groups is 2. The zero-order valence-electron chi connectivity index (χ0n) is 20.4. The summed E-state index contributed by atoms with van der Waals surface area (Å²) in [5.41, 5.74) is 3.98. The normalized spacial score (nSPS) is 17.0. The fraction of sp³-hybridized carbons (Fsp3) is 0.241. The molecule has 1 atom stereocenters. The maximum Gasteiger partial charge on any atom is 0.295 e. The molecule has 1 aliphatic heterocycles. The number of ether oxygens (including phenoxy) is 2. The smallest absolute Gasteiger partial charge is 0.295 e. The Bertz CT molecular complexity index is 1290. The van der Waals surface area contributed by atoms with Crippen LogP contribution in [0.15, 0.2) is 72.3 Å². The van der Waals surface area contributed by atoms with Crippen LogP contribution in [0, 0.1) is 13.8 Å². The summed E-state index contributed by atoms with van der Waals surface area (Å²) in [7, 11) is 1.59. The Morgan fingerprint density at radius 2 is 1.74 bits per heavy atom. The number of benzene rings is 3. The number of methoxy groups -OCH3 is 1. The van der Waals surface area contributed by atoms with Gasteiger partial charge < -0.3 is 19.5 Å². The van der Waals surface area contributed by atoms with Gasteiger partial charge in [0.05, 0.1) is 25.3 Å². The Labute approximate surface area is 205 Å². The minimum absolute atomic E-state index is 0.0812. The first-order chi connectivity index (χ1) is 16.8. The molecule has 1 unspecified atom stereocenters. The first-order valence-corrected chi connectivity index (χ1v) is 11.6. The molecular weight excluding hydrogens is 442 g/mol. The number of aryl methyl sites for hydroxylation is 2. The lowest BCUT2D eigenvalue weighted by Crippen LogP contribution is -2.29. The van der Waals surface area contributed by atoms with Crippen molar-refractivity contribution in [2.75, 3.05) is 13.7 Å². The molecule has 0 bridgehead atoms. The summed E-state index contributed by atoms with van der Waals surface area (Å²) in [6.07, 6.45) is 0. The number of likely N-dealkylation sites (tertiary alicyclic amines) is 1. The summed E-state index contributed by atoms with van der Waals surface area (Å²) in [5, 5.41) is 11.3. The quantitative estimate of drug-likeness (QED) is 0.286. The first-order valence-electron chi connectivity index (χ1n) is 11.6. The van der Waals surface area contributed by atoms with E-state index in [9.17, 15) is 14.7 Å². The zero-order valence-corrected chi connectivity index (χ0v) is 20.4. The molecule has 35 heavy (non-hydrogen) atoms. The van der Waals surface area contributed by atoms with Gasteiger partial charge in [-0.2, -0.15) is 0 Å². The highest BCUT2D eigenvalue weighted by molar-refractivity contribution is 6.46. The van der Waals surface area contributed by atoms with Crippen molar-refractivity contribution in [1.82, 2.24) is 4.90 Å². The van der Waals surface area contributed by atoms with Crippen LogP contribution < -0.4 is 9.47 Å². The number of aliphatic hydroxyl groups is 1. The van der Waals surface area contributed by atoms with Crippen LogP contribution in [0.1, 0.15) is 40.8 Å². The van der Waals surface area contributed by atoms with Crippen molar-refractivity contribution < 1.29 is 24.2 Å². The summed E-state index contributed by atoms with van der Waals surface area (Å²) in [6, 6.07) is 19.5. The Morgan fingerprint density at radius 3 is 2.37 bits per heavy atom. The highest BCUT2D eigenvalue weighted by Crippen LogP contribution is 2.41. The van der Waals surface area contributed by atoms with E-state index in [-0.39, 0.29) is 17.9 Å². The van der Waals surface area contributed by atoms with Crippen LogP contribution in [-0.4, -0.2) is 35.4 Å². The van der Waals surface area contributed by atoms with Gasteiger partial charge in [0.25, 0.3) is 11.7 Å². The number of nitrogens with zero attached hydrogens (tertiary/aromatic N) is 1. The Morgan fingerprint density at radius 1 is 1.00 bits per heavy atom. The molecule has 6 nitrogen and oxygen atoms in total. The Kier molecular flexibility index (Phi) is 6.92. The summed E-state index contributed by atoms with van der Waals surface area (Å²) >= 11 is 0. The molecule has 0 aliphatic carbocycles. The summed E-state index contributed by atoms with van der Waals surface area (Å²) in [6.45, 7) is 6.47. The minimum atomic E-state index is -0.719. The largest absolute Gasteiger partial charge is 0.507 e.